The minimum Gasteiger partial charge on any atom is -0.469 e. The fourth-order valence-electron chi connectivity index (χ4n) is 1.65. The molecule has 0 aliphatic rings. The van der Waals surface area contributed by atoms with Crippen LogP contribution in [0.5, 0.6) is 0 Å². The van der Waals surface area contributed by atoms with Gasteiger partial charge in [0, 0.05) is 11.6 Å². The summed E-state index contributed by atoms with van der Waals surface area (Å²) < 4.78 is 6.14. The molecular weight excluding hydrogens is 192 g/mol. The van der Waals surface area contributed by atoms with Crippen LogP contribution in [0.4, 0.5) is 0 Å². The zero-order valence-corrected chi connectivity index (χ0v) is 8.43. The monoisotopic (exact) mass is 204 g/mol. The molecule has 0 amide bonds. The highest BCUT2D eigenvalue weighted by atomic mass is 16.5. The Morgan fingerprint density at radius 1 is 1.47 bits per heavy atom. The summed E-state index contributed by atoms with van der Waals surface area (Å²) in [5.74, 6) is 5.50. The van der Waals surface area contributed by atoms with Gasteiger partial charge in [0.1, 0.15) is 0 Å². The molecule has 0 fully saturated rings. The second-order valence-corrected chi connectivity index (χ2v) is 3.33. The summed E-state index contributed by atoms with van der Waals surface area (Å²) in [6, 6.07) is 7.68. The lowest BCUT2D eigenvalue weighted by Crippen LogP contribution is -2.06. The number of carbonyl (C=O) groups is 1. The molecule has 0 aliphatic carbocycles. The maximum atomic E-state index is 11.2. The number of ether oxygens (including phenoxy) is 1. The van der Waals surface area contributed by atoms with Crippen LogP contribution in [0.2, 0.25) is 0 Å². The molecule has 0 unspecified atom stereocenters. The number of aromatic nitrogens is 1. The third kappa shape index (κ3) is 1.66. The molecule has 78 valence electrons. The number of benzene rings is 1. The third-order valence-corrected chi connectivity index (χ3v) is 2.39. The largest absolute Gasteiger partial charge is 0.469 e. The van der Waals surface area contributed by atoms with Gasteiger partial charge in [-0.3, -0.25) is 9.47 Å². The number of para-hydroxylation sites is 1. The van der Waals surface area contributed by atoms with E-state index in [1.807, 2.05) is 24.3 Å². The molecule has 4 heteroatoms. The summed E-state index contributed by atoms with van der Waals surface area (Å²) in [6.45, 7) is 0. The molecule has 1 aromatic heterocycles. The second-order valence-electron chi connectivity index (χ2n) is 3.33. The molecular formula is C11H12N2O2. The zero-order valence-electron chi connectivity index (χ0n) is 8.43. The summed E-state index contributed by atoms with van der Waals surface area (Å²) in [5.41, 5.74) is 1.80. The van der Waals surface area contributed by atoms with Crippen LogP contribution in [0, 0.1) is 0 Å². The van der Waals surface area contributed by atoms with Gasteiger partial charge in [0.25, 0.3) is 0 Å². The van der Waals surface area contributed by atoms with Crippen molar-refractivity contribution in [1.29, 1.82) is 0 Å². The minimum absolute atomic E-state index is 0.251. The van der Waals surface area contributed by atoms with Crippen LogP contribution in [0.15, 0.2) is 30.5 Å². The topological polar surface area (TPSA) is 57.2 Å². The molecule has 1 heterocycles. The standard InChI is InChI=1S/C11H12N2O2/c1-15-11(14)6-8-7-13(12)10-5-3-2-4-9(8)10/h2-5,7H,6,12H2,1H3. The van der Waals surface area contributed by atoms with Gasteiger partial charge < -0.3 is 10.6 Å². The van der Waals surface area contributed by atoms with Gasteiger partial charge in [0.2, 0.25) is 0 Å². The Bertz CT molecular complexity index is 502. The van der Waals surface area contributed by atoms with Gasteiger partial charge in [-0.05, 0) is 11.6 Å². The van der Waals surface area contributed by atoms with Gasteiger partial charge in [-0.15, -0.1) is 0 Å². The molecule has 1 aromatic carbocycles. The van der Waals surface area contributed by atoms with Crippen LogP contribution < -0.4 is 5.84 Å². The normalized spacial score (nSPS) is 10.5. The van der Waals surface area contributed by atoms with Gasteiger partial charge in [-0.25, -0.2) is 0 Å². The SMILES string of the molecule is COC(=O)Cc1cn(N)c2ccccc12. The van der Waals surface area contributed by atoms with E-state index in [-0.39, 0.29) is 12.4 Å². The van der Waals surface area contributed by atoms with Crippen molar-refractivity contribution in [3.05, 3.63) is 36.0 Å². The molecule has 0 atom stereocenters. The number of nitrogens with two attached hydrogens (primary N) is 1. The number of fused-ring (bicyclic) bond motifs is 1. The van der Waals surface area contributed by atoms with Crippen molar-refractivity contribution in [1.82, 2.24) is 4.68 Å². The first-order valence-electron chi connectivity index (χ1n) is 4.63. The van der Waals surface area contributed by atoms with Crippen LogP contribution in [0.25, 0.3) is 10.9 Å². The first kappa shape index (κ1) is 9.58. The van der Waals surface area contributed by atoms with E-state index in [9.17, 15) is 4.79 Å². The molecule has 0 saturated heterocycles. The molecule has 15 heavy (non-hydrogen) atoms. The quantitative estimate of drug-likeness (QED) is 0.588. The maximum Gasteiger partial charge on any atom is 0.310 e. The number of nitrogen functional groups attached to an aromatic ring is 1. The summed E-state index contributed by atoms with van der Waals surface area (Å²) in [4.78, 5) is 11.2. The number of esters is 1. The van der Waals surface area contributed by atoms with Crippen molar-refractivity contribution in [3.8, 4) is 0 Å². The number of carbonyl (C=O) groups excluding carboxylic acids is 1. The minimum atomic E-state index is -0.258. The van der Waals surface area contributed by atoms with E-state index in [0.29, 0.717) is 0 Å². The lowest BCUT2D eigenvalue weighted by Gasteiger charge is -1.96. The molecule has 0 spiro atoms. The first-order chi connectivity index (χ1) is 7.22. The lowest BCUT2D eigenvalue weighted by molar-refractivity contribution is -0.139. The smallest absolute Gasteiger partial charge is 0.310 e. The molecule has 2 rings (SSSR count). The lowest BCUT2D eigenvalue weighted by atomic mass is 10.1. The Labute approximate surface area is 87.2 Å². The van der Waals surface area contributed by atoms with Crippen molar-refractivity contribution in [2.75, 3.05) is 13.0 Å². The van der Waals surface area contributed by atoms with Gasteiger partial charge >= 0.3 is 5.97 Å². The Balaban J connectivity index is 2.48. The Hall–Kier alpha value is -1.97. The average molecular weight is 204 g/mol. The fourth-order valence-corrected chi connectivity index (χ4v) is 1.65. The summed E-state index contributed by atoms with van der Waals surface area (Å²) in [7, 11) is 1.38. The number of rotatable bonds is 2. The van der Waals surface area contributed by atoms with Crippen molar-refractivity contribution in [2.24, 2.45) is 0 Å². The number of hydrogen-bond donors (Lipinski definition) is 1. The Kier molecular flexibility index (Phi) is 2.33. The number of methoxy groups -OCH3 is 1. The Morgan fingerprint density at radius 3 is 2.93 bits per heavy atom. The predicted molar refractivity (Wildman–Crippen MR) is 57.8 cm³/mol. The van der Waals surface area contributed by atoms with Crippen molar-refractivity contribution >= 4 is 16.9 Å². The fraction of sp³-hybridized carbons (Fsp3) is 0.182. The van der Waals surface area contributed by atoms with E-state index in [2.05, 4.69) is 4.74 Å². The van der Waals surface area contributed by atoms with E-state index < -0.39 is 0 Å². The van der Waals surface area contributed by atoms with Gasteiger partial charge in [0.05, 0.1) is 19.0 Å². The van der Waals surface area contributed by atoms with Crippen LogP contribution in [-0.4, -0.2) is 17.8 Å². The zero-order chi connectivity index (χ0) is 10.8. The van der Waals surface area contributed by atoms with E-state index in [1.165, 1.54) is 11.8 Å². The second kappa shape index (κ2) is 3.65. The highest BCUT2D eigenvalue weighted by Crippen LogP contribution is 2.19. The molecule has 0 aliphatic heterocycles. The van der Waals surface area contributed by atoms with Gasteiger partial charge in [-0.1, -0.05) is 18.2 Å². The molecule has 0 saturated carbocycles. The van der Waals surface area contributed by atoms with E-state index in [4.69, 9.17) is 5.84 Å². The summed E-state index contributed by atoms with van der Waals surface area (Å²) in [6.07, 6.45) is 2.00. The molecule has 4 nitrogen and oxygen atoms in total. The highest BCUT2D eigenvalue weighted by molar-refractivity contribution is 5.87. The molecule has 0 bridgehead atoms. The van der Waals surface area contributed by atoms with Crippen molar-refractivity contribution in [2.45, 2.75) is 6.42 Å². The maximum absolute atomic E-state index is 11.2. The molecule has 2 N–H and O–H groups in total. The van der Waals surface area contributed by atoms with Crippen LogP contribution in [0.3, 0.4) is 0 Å². The first-order valence-corrected chi connectivity index (χ1v) is 4.63. The van der Waals surface area contributed by atoms with Crippen LogP contribution in [0.1, 0.15) is 5.56 Å². The van der Waals surface area contributed by atoms with Crippen LogP contribution >= 0.6 is 0 Å². The van der Waals surface area contributed by atoms with E-state index >= 15 is 0 Å². The summed E-state index contributed by atoms with van der Waals surface area (Å²) >= 11 is 0. The predicted octanol–water partition coefficient (Wildman–Crippen LogP) is 1.07. The number of nitrogens with zero attached hydrogens (tertiary/aromatic N) is 1. The third-order valence-electron chi connectivity index (χ3n) is 2.39. The van der Waals surface area contributed by atoms with E-state index in [0.717, 1.165) is 16.5 Å². The van der Waals surface area contributed by atoms with E-state index in [1.54, 1.807) is 6.20 Å². The summed E-state index contributed by atoms with van der Waals surface area (Å²) in [5, 5.41) is 0.991. The van der Waals surface area contributed by atoms with Crippen LogP contribution in [-0.2, 0) is 16.0 Å². The molecule has 0 radical (unpaired) electrons. The van der Waals surface area contributed by atoms with Crippen molar-refractivity contribution < 1.29 is 9.53 Å². The van der Waals surface area contributed by atoms with Gasteiger partial charge in [-0.2, -0.15) is 0 Å². The average Bonchev–Trinajstić information content (AvgIpc) is 2.57. The highest BCUT2D eigenvalue weighted by Gasteiger charge is 2.10. The molecule has 2 aromatic rings. The van der Waals surface area contributed by atoms with Gasteiger partial charge in [0.15, 0.2) is 0 Å². The Morgan fingerprint density at radius 2 is 2.20 bits per heavy atom. The van der Waals surface area contributed by atoms with Crippen molar-refractivity contribution in [3.63, 3.8) is 0 Å². The number of hydrogen-bond acceptors (Lipinski definition) is 3.